The minimum absolute atomic E-state index is 0. The maximum atomic E-state index is 8.55. The van der Waals surface area contributed by atoms with E-state index in [-0.39, 0.29) is 12.4 Å². The molecule has 126 valence electrons. The second-order valence-electron chi connectivity index (χ2n) is 5.24. The van der Waals surface area contributed by atoms with Gasteiger partial charge in [0.05, 0.1) is 5.69 Å². The van der Waals surface area contributed by atoms with Crippen LogP contribution >= 0.6 is 12.4 Å². The Kier molecular flexibility index (Phi) is 5.84. The van der Waals surface area contributed by atoms with Crippen LogP contribution in [0.25, 0.3) is 21.2 Å². The van der Waals surface area contributed by atoms with Crippen molar-refractivity contribution in [3.63, 3.8) is 0 Å². The Labute approximate surface area is 151 Å². The predicted molar refractivity (Wildman–Crippen MR) is 106 cm³/mol. The lowest BCUT2D eigenvalue weighted by atomic mass is 10.1. The molecular formula is C18H17ClN6. The molecule has 25 heavy (non-hydrogen) atoms. The van der Waals surface area contributed by atoms with E-state index in [1.807, 2.05) is 55.6 Å². The summed E-state index contributed by atoms with van der Waals surface area (Å²) < 4.78 is 0. The normalized spacial score (nSPS) is 10.7. The predicted octanol–water partition coefficient (Wildman–Crippen LogP) is 5.29. The number of anilines is 1. The molecule has 0 atom stereocenters. The van der Waals surface area contributed by atoms with Crippen LogP contribution in [0.3, 0.4) is 0 Å². The van der Waals surface area contributed by atoms with Crippen LogP contribution in [0.15, 0.2) is 76.8 Å². The van der Waals surface area contributed by atoms with Crippen LogP contribution in [0.1, 0.15) is 0 Å². The highest BCUT2D eigenvalue weighted by Gasteiger charge is 2.07. The Bertz CT molecular complexity index is 957. The Balaban J connectivity index is 0.00000225. The van der Waals surface area contributed by atoms with E-state index in [0.29, 0.717) is 11.6 Å². The van der Waals surface area contributed by atoms with Gasteiger partial charge in [0.15, 0.2) is 0 Å². The molecule has 0 aliphatic rings. The first-order chi connectivity index (χ1) is 11.7. The standard InChI is InChI=1S/C18H16N6.ClH/c1-24(15-9-5-8-14(12-15)22-23-20)18(19)21-17-11-4-7-13-6-2-3-10-16(13)17;/h2-12H,1H3,(H2,19,21);1H. The number of aliphatic imine (C=N–C) groups is 1. The fraction of sp³-hybridized carbons (Fsp3) is 0.0556. The summed E-state index contributed by atoms with van der Waals surface area (Å²) in [4.78, 5) is 9.10. The lowest BCUT2D eigenvalue weighted by molar-refractivity contribution is 1.22. The molecule has 0 radical (unpaired) electrons. The van der Waals surface area contributed by atoms with E-state index < -0.39 is 0 Å². The van der Waals surface area contributed by atoms with Crippen LogP contribution in [-0.2, 0) is 0 Å². The number of hydrogen-bond acceptors (Lipinski definition) is 2. The molecule has 7 heteroatoms. The average molecular weight is 353 g/mol. The summed E-state index contributed by atoms with van der Waals surface area (Å²) in [5.41, 5.74) is 16.8. The molecule has 0 aromatic heterocycles. The van der Waals surface area contributed by atoms with Gasteiger partial charge >= 0.3 is 0 Å². The molecule has 0 amide bonds. The Morgan fingerprint density at radius 3 is 2.56 bits per heavy atom. The van der Waals surface area contributed by atoms with E-state index >= 15 is 0 Å². The van der Waals surface area contributed by atoms with Crippen LogP contribution in [0.4, 0.5) is 17.1 Å². The molecule has 0 saturated heterocycles. The molecule has 0 fully saturated rings. The molecule has 0 spiro atoms. The van der Waals surface area contributed by atoms with Crippen molar-refractivity contribution in [2.24, 2.45) is 15.8 Å². The van der Waals surface area contributed by atoms with E-state index in [2.05, 4.69) is 15.0 Å². The third-order valence-corrected chi connectivity index (χ3v) is 3.72. The van der Waals surface area contributed by atoms with Crippen molar-refractivity contribution in [1.29, 1.82) is 0 Å². The summed E-state index contributed by atoms with van der Waals surface area (Å²) in [6.07, 6.45) is 0. The summed E-state index contributed by atoms with van der Waals surface area (Å²) in [6.45, 7) is 0. The third kappa shape index (κ3) is 4.01. The number of halogens is 1. The van der Waals surface area contributed by atoms with Gasteiger partial charge in [-0.3, -0.25) is 0 Å². The van der Waals surface area contributed by atoms with Gasteiger partial charge in [0, 0.05) is 28.7 Å². The molecule has 0 unspecified atom stereocenters. The van der Waals surface area contributed by atoms with Gasteiger partial charge < -0.3 is 10.6 Å². The summed E-state index contributed by atoms with van der Waals surface area (Å²) in [5, 5.41) is 5.76. The highest BCUT2D eigenvalue weighted by atomic mass is 35.5. The second kappa shape index (κ2) is 8.06. The van der Waals surface area contributed by atoms with Gasteiger partial charge in [0.25, 0.3) is 0 Å². The molecular weight excluding hydrogens is 336 g/mol. The average Bonchev–Trinajstić information content (AvgIpc) is 2.62. The molecule has 6 nitrogen and oxygen atoms in total. The van der Waals surface area contributed by atoms with Crippen molar-refractivity contribution >= 4 is 46.2 Å². The Hall–Kier alpha value is -3.21. The van der Waals surface area contributed by atoms with Crippen LogP contribution < -0.4 is 10.6 Å². The van der Waals surface area contributed by atoms with E-state index in [1.165, 1.54) is 0 Å². The number of benzene rings is 3. The minimum Gasteiger partial charge on any atom is -0.369 e. The maximum absolute atomic E-state index is 8.55. The van der Waals surface area contributed by atoms with E-state index in [4.69, 9.17) is 11.3 Å². The van der Waals surface area contributed by atoms with Crippen molar-refractivity contribution < 1.29 is 0 Å². The summed E-state index contributed by atoms with van der Waals surface area (Å²) in [5.74, 6) is 0.351. The fourth-order valence-corrected chi connectivity index (χ4v) is 2.45. The number of rotatable bonds is 3. The largest absolute Gasteiger partial charge is 0.369 e. The second-order valence-corrected chi connectivity index (χ2v) is 5.24. The molecule has 0 saturated carbocycles. The van der Waals surface area contributed by atoms with Crippen LogP contribution in [0.5, 0.6) is 0 Å². The first kappa shape index (κ1) is 18.1. The molecule has 0 bridgehead atoms. The van der Waals surface area contributed by atoms with Gasteiger partial charge in [0.2, 0.25) is 5.96 Å². The number of nitrogens with two attached hydrogens (primary N) is 1. The van der Waals surface area contributed by atoms with Crippen LogP contribution in [-0.4, -0.2) is 13.0 Å². The Morgan fingerprint density at radius 2 is 1.76 bits per heavy atom. The third-order valence-electron chi connectivity index (χ3n) is 3.72. The lowest BCUT2D eigenvalue weighted by Gasteiger charge is -2.18. The SMILES string of the molecule is CN(C(N)=Nc1cccc2ccccc12)c1cccc(N=[N+]=[N-])c1.Cl. The van der Waals surface area contributed by atoms with Crippen molar-refractivity contribution in [2.45, 2.75) is 0 Å². The van der Waals surface area contributed by atoms with Crippen molar-refractivity contribution in [1.82, 2.24) is 0 Å². The van der Waals surface area contributed by atoms with Gasteiger partial charge in [0.1, 0.15) is 0 Å². The number of guanidine groups is 1. The molecule has 0 aliphatic heterocycles. The van der Waals surface area contributed by atoms with Crippen molar-refractivity contribution in [2.75, 3.05) is 11.9 Å². The van der Waals surface area contributed by atoms with Gasteiger partial charge in [-0.15, -0.1) is 12.4 Å². The fourth-order valence-electron chi connectivity index (χ4n) is 2.45. The molecule has 0 aliphatic carbocycles. The number of nitrogens with zero attached hydrogens (tertiary/aromatic N) is 5. The lowest BCUT2D eigenvalue weighted by Crippen LogP contribution is -2.33. The first-order valence-corrected chi connectivity index (χ1v) is 7.40. The number of hydrogen-bond donors (Lipinski definition) is 1. The van der Waals surface area contributed by atoms with E-state index in [0.717, 1.165) is 22.1 Å². The molecule has 0 heterocycles. The van der Waals surface area contributed by atoms with Crippen molar-refractivity contribution in [3.8, 4) is 0 Å². The molecule has 3 aromatic rings. The summed E-state index contributed by atoms with van der Waals surface area (Å²) in [7, 11) is 1.82. The van der Waals surface area contributed by atoms with E-state index in [1.54, 1.807) is 23.1 Å². The highest BCUT2D eigenvalue weighted by Crippen LogP contribution is 2.26. The highest BCUT2D eigenvalue weighted by molar-refractivity contribution is 6.00. The smallest absolute Gasteiger partial charge is 0.200 e. The van der Waals surface area contributed by atoms with Crippen molar-refractivity contribution in [3.05, 3.63) is 77.2 Å². The number of azide groups is 1. The molecule has 3 aromatic carbocycles. The topological polar surface area (TPSA) is 90.4 Å². The van der Waals surface area contributed by atoms with Crippen LogP contribution in [0, 0.1) is 0 Å². The van der Waals surface area contributed by atoms with Gasteiger partial charge in [-0.1, -0.05) is 53.6 Å². The number of fused-ring (bicyclic) bond motifs is 1. The van der Waals surface area contributed by atoms with Gasteiger partial charge in [-0.25, -0.2) is 4.99 Å². The minimum atomic E-state index is 0. The zero-order valence-corrected chi connectivity index (χ0v) is 14.4. The van der Waals surface area contributed by atoms with E-state index in [9.17, 15) is 0 Å². The summed E-state index contributed by atoms with van der Waals surface area (Å²) >= 11 is 0. The first-order valence-electron chi connectivity index (χ1n) is 7.40. The van der Waals surface area contributed by atoms with Crippen LogP contribution in [0.2, 0.25) is 0 Å². The monoisotopic (exact) mass is 352 g/mol. The zero-order valence-electron chi connectivity index (χ0n) is 13.6. The zero-order chi connectivity index (χ0) is 16.9. The molecule has 2 N–H and O–H groups in total. The quantitative estimate of drug-likeness (QED) is 0.228. The van der Waals surface area contributed by atoms with Gasteiger partial charge in [-0.05, 0) is 29.1 Å². The van der Waals surface area contributed by atoms with Gasteiger partial charge in [-0.2, -0.15) is 0 Å². The summed E-state index contributed by atoms with van der Waals surface area (Å²) in [6, 6.07) is 21.1. The maximum Gasteiger partial charge on any atom is 0.200 e. The Morgan fingerprint density at radius 1 is 1.04 bits per heavy atom. The molecule has 3 rings (SSSR count).